The van der Waals surface area contributed by atoms with Crippen LogP contribution in [-0.2, 0) is 0 Å². The number of amides is 1. The zero-order chi connectivity index (χ0) is 14.1. The Bertz CT molecular complexity index is 607. The average Bonchev–Trinajstić information content (AvgIpc) is 3.07. The summed E-state index contributed by atoms with van der Waals surface area (Å²) in [6.45, 7) is 2.65. The number of aromatic nitrogens is 1. The van der Waals surface area contributed by atoms with Crippen LogP contribution in [0.1, 0.15) is 40.5 Å². The van der Waals surface area contributed by atoms with Gasteiger partial charge in [0.15, 0.2) is 0 Å². The number of nitrogens with zero attached hydrogens (tertiary/aromatic N) is 2. The van der Waals surface area contributed by atoms with Gasteiger partial charge in [-0.1, -0.05) is 11.6 Å². The molecule has 3 rings (SSSR count). The molecule has 5 heteroatoms. The van der Waals surface area contributed by atoms with Gasteiger partial charge in [-0.15, -0.1) is 0 Å². The normalized spacial score (nSPS) is 18.5. The van der Waals surface area contributed by atoms with Gasteiger partial charge in [0, 0.05) is 17.8 Å². The van der Waals surface area contributed by atoms with E-state index in [-0.39, 0.29) is 11.9 Å². The Morgan fingerprint density at radius 1 is 1.50 bits per heavy atom. The fraction of sp³-hybridized carbons (Fsp3) is 0.333. The minimum Gasteiger partial charge on any atom is -0.332 e. The fourth-order valence-corrected chi connectivity index (χ4v) is 3.70. The minimum atomic E-state index is 0.0473. The summed E-state index contributed by atoms with van der Waals surface area (Å²) in [4.78, 5) is 18.8. The number of pyridine rings is 1. The van der Waals surface area contributed by atoms with Crippen molar-refractivity contribution < 1.29 is 4.79 Å². The summed E-state index contributed by atoms with van der Waals surface area (Å²) in [6, 6.07) is 5.75. The monoisotopic (exact) mass is 306 g/mol. The van der Waals surface area contributed by atoms with Crippen molar-refractivity contribution in [2.75, 3.05) is 6.54 Å². The molecular weight excluding hydrogens is 292 g/mol. The Morgan fingerprint density at radius 2 is 2.35 bits per heavy atom. The Hall–Kier alpha value is -1.39. The molecule has 3 heterocycles. The van der Waals surface area contributed by atoms with E-state index < -0.39 is 0 Å². The number of thiophene rings is 1. The maximum Gasteiger partial charge on any atom is 0.254 e. The van der Waals surface area contributed by atoms with Crippen LogP contribution >= 0.6 is 22.9 Å². The predicted octanol–water partition coefficient (Wildman–Crippen LogP) is 4.08. The molecule has 1 aliphatic heterocycles. The zero-order valence-electron chi connectivity index (χ0n) is 11.2. The van der Waals surface area contributed by atoms with Gasteiger partial charge in [0.2, 0.25) is 0 Å². The van der Waals surface area contributed by atoms with E-state index in [2.05, 4.69) is 21.8 Å². The summed E-state index contributed by atoms with van der Waals surface area (Å²) >= 11 is 7.63. The van der Waals surface area contributed by atoms with Gasteiger partial charge in [0.1, 0.15) is 5.15 Å². The van der Waals surface area contributed by atoms with Crippen molar-refractivity contribution in [2.24, 2.45) is 0 Å². The number of rotatable bonds is 2. The molecule has 1 saturated heterocycles. The molecule has 3 nitrogen and oxygen atoms in total. The first-order valence-electron chi connectivity index (χ1n) is 6.62. The smallest absolute Gasteiger partial charge is 0.254 e. The highest BCUT2D eigenvalue weighted by molar-refractivity contribution is 7.08. The maximum absolute atomic E-state index is 12.7. The Kier molecular flexibility index (Phi) is 3.76. The van der Waals surface area contributed by atoms with Gasteiger partial charge in [0.25, 0.3) is 5.91 Å². The van der Waals surface area contributed by atoms with Gasteiger partial charge in [-0.25, -0.2) is 4.98 Å². The molecule has 1 atom stereocenters. The molecule has 0 aromatic carbocycles. The highest BCUT2D eigenvalue weighted by atomic mass is 35.5. The Labute approximate surface area is 127 Å². The quantitative estimate of drug-likeness (QED) is 0.783. The summed E-state index contributed by atoms with van der Waals surface area (Å²) in [6.07, 6.45) is 2.07. The number of hydrogen-bond donors (Lipinski definition) is 0. The highest BCUT2D eigenvalue weighted by Crippen LogP contribution is 2.34. The number of carbonyl (C=O) groups excluding carboxylic acids is 1. The summed E-state index contributed by atoms with van der Waals surface area (Å²) < 4.78 is 0. The van der Waals surface area contributed by atoms with Gasteiger partial charge >= 0.3 is 0 Å². The van der Waals surface area contributed by atoms with Crippen molar-refractivity contribution in [3.05, 3.63) is 50.9 Å². The lowest BCUT2D eigenvalue weighted by Gasteiger charge is -2.24. The van der Waals surface area contributed by atoms with Crippen LogP contribution in [0.4, 0.5) is 0 Å². The number of likely N-dealkylation sites (tertiary alicyclic amines) is 1. The van der Waals surface area contributed by atoms with Gasteiger partial charge < -0.3 is 4.90 Å². The molecule has 1 fully saturated rings. The molecule has 20 heavy (non-hydrogen) atoms. The van der Waals surface area contributed by atoms with Crippen LogP contribution in [-0.4, -0.2) is 22.3 Å². The third kappa shape index (κ3) is 2.58. The molecule has 2 aromatic heterocycles. The Balaban J connectivity index is 1.89. The molecule has 104 valence electrons. The van der Waals surface area contributed by atoms with E-state index in [1.54, 1.807) is 23.5 Å². The van der Waals surface area contributed by atoms with Gasteiger partial charge in [-0.3, -0.25) is 4.79 Å². The first-order chi connectivity index (χ1) is 9.65. The topological polar surface area (TPSA) is 33.2 Å². The van der Waals surface area contributed by atoms with Crippen molar-refractivity contribution in [2.45, 2.75) is 25.8 Å². The third-order valence-electron chi connectivity index (χ3n) is 3.61. The van der Waals surface area contributed by atoms with Crippen LogP contribution in [0.15, 0.2) is 29.0 Å². The first-order valence-corrected chi connectivity index (χ1v) is 7.94. The van der Waals surface area contributed by atoms with Crippen LogP contribution in [0.2, 0.25) is 5.15 Å². The van der Waals surface area contributed by atoms with Crippen molar-refractivity contribution in [1.29, 1.82) is 0 Å². The van der Waals surface area contributed by atoms with E-state index in [9.17, 15) is 4.79 Å². The van der Waals surface area contributed by atoms with E-state index >= 15 is 0 Å². The molecular formula is C15H15ClN2OS. The molecule has 1 amide bonds. The molecule has 1 aliphatic rings. The lowest BCUT2D eigenvalue weighted by molar-refractivity contribution is 0.0735. The van der Waals surface area contributed by atoms with Crippen LogP contribution in [0, 0.1) is 6.92 Å². The molecule has 0 radical (unpaired) electrons. The summed E-state index contributed by atoms with van der Waals surface area (Å²) in [7, 11) is 0. The molecule has 0 N–H and O–H groups in total. The van der Waals surface area contributed by atoms with Gasteiger partial charge in [0.05, 0.1) is 6.04 Å². The van der Waals surface area contributed by atoms with E-state index in [4.69, 9.17) is 11.6 Å². The minimum absolute atomic E-state index is 0.0473. The van der Waals surface area contributed by atoms with E-state index in [1.807, 2.05) is 11.8 Å². The van der Waals surface area contributed by atoms with Crippen molar-refractivity contribution in [3.63, 3.8) is 0 Å². The number of hydrogen-bond acceptors (Lipinski definition) is 3. The van der Waals surface area contributed by atoms with Crippen LogP contribution in [0.25, 0.3) is 0 Å². The molecule has 0 spiro atoms. The lowest BCUT2D eigenvalue weighted by Crippen LogP contribution is -2.30. The number of aryl methyl sites for hydroxylation is 1. The van der Waals surface area contributed by atoms with Crippen molar-refractivity contribution in [1.82, 2.24) is 9.88 Å². The largest absolute Gasteiger partial charge is 0.332 e. The summed E-state index contributed by atoms with van der Waals surface area (Å²) in [5, 5.41) is 4.56. The van der Waals surface area contributed by atoms with E-state index in [0.717, 1.165) is 25.1 Å². The van der Waals surface area contributed by atoms with Crippen molar-refractivity contribution in [3.8, 4) is 0 Å². The molecule has 0 aliphatic carbocycles. The molecule has 0 saturated carbocycles. The maximum atomic E-state index is 12.7. The fourth-order valence-electron chi connectivity index (χ4n) is 2.74. The molecule has 2 aromatic rings. The first kappa shape index (κ1) is 13.6. The second-order valence-electron chi connectivity index (χ2n) is 5.03. The Morgan fingerprint density at radius 3 is 3.05 bits per heavy atom. The van der Waals surface area contributed by atoms with E-state index in [0.29, 0.717) is 10.7 Å². The van der Waals surface area contributed by atoms with Crippen molar-refractivity contribution >= 4 is 28.8 Å². The van der Waals surface area contributed by atoms with Gasteiger partial charge in [-0.2, -0.15) is 11.3 Å². The molecule has 1 unspecified atom stereocenters. The molecule has 0 bridgehead atoms. The van der Waals surface area contributed by atoms with Crippen LogP contribution in [0.5, 0.6) is 0 Å². The zero-order valence-corrected chi connectivity index (χ0v) is 12.7. The highest BCUT2D eigenvalue weighted by Gasteiger charge is 2.31. The summed E-state index contributed by atoms with van der Waals surface area (Å²) in [5.74, 6) is 0.0473. The average molecular weight is 307 g/mol. The van der Waals surface area contributed by atoms with Crippen LogP contribution in [0.3, 0.4) is 0 Å². The third-order valence-corrected chi connectivity index (χ3v) is 4.51. The number of carbonyl (C=O) groups is 1. The van der Waals surface area contributed by atoms with E-state index in [1.165, 1.54) is 5.56 Å². The lowest BCUT2D eigenvalue weighted by atomic mass is 10.1. The number of halogens is 1. The second kappa shape index (κ2) is 5.54. The van der Waals surface area contributed by atoms with Gasteiger partial charge in [-0.05, 0) is 54.3 Å². The second-order valence-corrected chi connectivity index (χ2v) is 6.20. The summed E-state index contributed by atoms with van der Waals surface area (Å²) in [5.41, 5.74) is 2.63. The SMILES string of the molecule is Cc1cc(C(=O)N2CCCC2c2ccsc2)cc(Cl)n1. The standard InChI is InChI=1S/C15H15ClN2OS/c1-10-7-12(8-14(16)17-10)15(19)18-5-2-3-13(18)11-4-6-20-9-11/h4,6-9,13H,2-3,5H2,1H3. The van der Waals surface area contributed by atoms with Crippen LogP contribution < -0.4 is 0 Å². The predicted molar refractivity (Wildman–Crippen MR) is 81.3 cm³/mol.